The number of aromatic nitrogens is 2. The first-order chi connectivity index (χ1) is 9.54. The summed E-state index contributed by atoms with van der Waals surface area (Å²) in [7, 11) is 0. The van der Waals surface area contributed by atoms with Crippen molar-refractivity contribution >= 4 is 33.1 Å². The van der Waals surface area contributed by atoms with E-state index >= 15 is 0 Å². The zero-order chi connectivity index (χ0) is 14.3. The van der Waals surface area contributed by atoms with E-state index in [9.17, 15) is 4.39 Å². The predicted molar refractivity (Wildman–Crippen MR) is 81.3 cm³/mol. The van der Waals surface area contributed by atoms with Gasteiger partial charge < -0.3 is 5.32 Å². The number of nitrogens with one attached hydrogen (secondary N) is 1. The van der Waals surface area contributed by atoms with E-state index in [1.54, 1.807) is 17.4 Å². The maximum Gasteiger partial charge on any atom is 0.143 e. The summed E-state index contributed by atoms with van der Waals surface area (Å²) >= 11 is 1.66. The van der Waals surface area contributed by atoms with Gasteiger partial charge in [0.2, 0.25) is 0 Å². The van der Waals surface area contributed by atoms with E-state index in [1.165, 1.54) is 22.6 Å². The predicted octanol–water partition coefficient (Wildman–Crippen LogP) is 4.50. The van der Waals surface area contributed by atoms with E-state index in [4.69, 9.17) is 0 Å². The summed E-state index contributed by atoms with van der Waals surface area (Å²) in [5.74, 6) is 1.17. The van der Waals surface area contributed by atoms with Crippen molar-refractivity contribution in [2.45, 2.75) is 20.8 Å². The van der Waals surface area contributed by atoms with E-state index in [1.807, 2.05) is 13.0 Å². The number of anilines is 2. The highest BCUT2D eigenvalue weighted by Crippen LogP contribution is 2.34. The Morgan fingerprint density at radius 2 is 1.95 bits per heavy atom. The number of aryl methyl sites for hydroxylation is 3. The van der Waals surface area contributed by atoms with Crippen LogP contribution in [0.5, 0.6) is 0 Å². The Balaban J connectivity index is 2.15. The molecule has 0 bridgehead atoms. The topological polar surface area (TPSA) is 37.8 Å². The normalized spacial score (nSPS) is 11.0. The monoisotopic (exact) mass is 287 g/mol. The van der Waals surface area contributed by atoms with Crippen molar-refractivity contribution in [1.29, 1.82) is 0 Å². The van der Waals surface area contributed by atoms with Crippen LogP contribution >= 0.6 is 11.3 Å². The largest absolute Gasteiger partial charge is 0.339 e. The number of thiophene rings is 1. The Bertz CT molecular complexity index is 795. The van der Waals surface area contributed by atoms with Crippen LogP contribution in [0.15, 0.2) is 24.3 Å². The highest BCUT2D eigenvalue weighted by Gasteiger charge is 2.13. The van der Waals surface area contributed by atoms with Crippen molar-refractivity contribution in [3.05, 3.63) is 46.3 Å². The quantitative estimate of drug-likeness (QED) is 0.754. The molecule has 0 spiro atoms. The minimum Gasteiger partial charge on any atom is -0.339 e. The molecule has 3 rings (SSSR count). The molecule has 5 heteroatoms. The molecule has 0 aliphatic rings. The standard InChI is InChI=1S/C15H14FN3S/c1-8-9(2)20-15-13(8)14(17-10(3)18-15)19-12-6-4-5-11(16)7-12/h4-7H,1-3H3,(H,17,18,19). The Morgan fingerprint density at radius 1 is 1.15 bits per heavy atom. The molecule has 0 unspecified atom stereocenters. The molecule has 0 amide bonds. The molecule has 0 fully saturated rings. The first-order valence-corrected chi connectivity index (χ1v) is 7.13. The summed E-state index contributed by atoms with van der Waals surface area (Å²) in [6, 6.07) is 6.37. The van der Waals surface area contributed by atoms with Gasteiger partial charge in [-0.1, -0.05) is 6.07 Å². The summed E-state index contributed by atoms with van der Waals surface area (Å²) in [6.07, 6.45) is 0. The highest BCUT2D eigenvalue weighted by molar-refractivity contribution is 7.18. The first-order valence-electron chi connectivity index (χ1n) is 6.31. The summed E-state index contributed by atoms with van der Waals surface area (Å²) < 4.78 is 13.3. The Morgan fingerprint density at radius 3 is 2.70 bits per heavy atom. The molecule has 0 atom stereocenters. The van der Waals surface area contributed by atoms with Crippen molar-refractivity contribution in [2.75, 3.05) is 5.32 Å². The molecule has 2 aromatic heterocycles. The van der Waals surface area contributed by atoms with E-state index in [-0.39, 0.29) is 5.82 Å². The zero-order valence-electron chi connectivity index (χ0n) is 11.5. The van der Waals surface area contributed by atoms with E-state index in [0.29, 0.717) is 11.5 Å². The van der Waals surface area contributed by atoms with Gasteiger partial charge >= 0.3 is 0 Å². The van der Waals surface area contributed by atoms with Crippen molar-refractivity contribution in [3.63, 3.8) is 0 Å². The number of halogens is 1. The average molecular weight is 287 g/mol. The molecule has 0 aliphatic carbocycles. The van der Waals surface area contributed by atoms with E-state index in [0.717, 1.165) is 16.0 Å². The molecule has 0 aliphatic heterocycles. The minimum absolute atomic E-state index is 0.268. The fourth-order valence-electron chi connectivity index (χ4n) is 2.15. The second kappa shape index (κ2) is 4.83. The number of rotatable bonds is 2. The number of hydrogen-bond donors (Lipinski definition) is 1. The SMILES string of the molecule is Cc1nc(Nc2cccc(F)c2)c2c(C)c(C)sc2n1. The Hall–Kier alpha value is -2.01. The zero-order valence-corrected chi connectivity index (χ0v) is 12.3. The van der Waals surface area contributed by atoms with Gasteiger partial charge in [-0.25, -0.2) is 14.4 Å². The summed E-state index contributed by atoms with van der Waals surface area (Å²) in [5.41, 5.74) is 1.86. The third-order valence-corrected chi connectivity index (χ3v) is 4.33. The van der Waals surface area contributed by atoms with Gasteiger partial charge in [0.1, 0.15) is 22.3 Å². The third-order valence-electron chi connectivity index (χ3n) is 3.23. The molecule has 1 N–H and O–H groups in total. The van der Waals surface area contributed by atoms with Crippen LogP contribution in [-0.4, -0.2) is 9.97 Å². The average Bonchev–Trinajstić information content (AvgIpc) is 2.64. The van der Waals surface area contributed by atoms with E-state index < -0.39 is 0 Å². The highest BCUT2D eigenvalue weighted by atomic mass is 32.1. The fraction of sp³-hybridized carbons (Fsp3) is 0.200. The first kappa shape index (κ1) is 13.0. The van der Waals surface area contributed by atoms with Crippen LogP contribution in [0, 0.1) is 26.6 Å². The maximum atomic E-state index is 13.3. The second-order valence-corrected chi connectivity index (χ2v) is 5.92. The summed E-state index contributed by atoms with van der Waals surface area (Å²) in [4.78, 5) is 11.1. The number of benzene rings is 1. The molecule has 102 valence electrons. The van der Waals surface area contributed by atoms with Gasteiger partial charge in [0.25, 0.3) is 0 Å². The van der Waals surface area contributed by atoms with E-state index in [2.05, 4.69) is 29.1 Å². The van der Waals surface area contributed by atoms with Crippen LogP contribution in [0.4, 0.5) is 15.9 Å². The third kappa shape index (κ3) is 2.25. The minimum atomic E-state index is -0.268. The Labute approximate surface area is 120 Å². The Kier molecular flexibility index (Phi) is 3.14. The van der Waals surface area contributed by atoms with Crippen LogP contribution in [0.1, 0.15) is 16.3 Å². The molecule has 1 aromatic carbocycles. The lowest BCUT2D eigenvalue weighted by molar-refractivity contribution is 0.628. The molecule has 3 aromatic rings. The number of nitrogens with zero attached hydrogens (tertiary/aromatic N) is 2. The lowest BCUT2D eigenvalue weighted by Gasteiger charge is -2.08. The van der Waals surface area contributed by atoms with Crippen LogP contribution in [0.3, 0.4) is 0 Å². The van der Waals surface area contributed by atoms with Crippen molar-refractivity contribution < 1.29 is 4.39 Å². The fourth-order valence-corrected chi connectivity index (χ4v) is 3.22. The van der Waals surface area contributed by atoms with Crippen LogP contribution < -0.4 is 5.32 Å². The molecule has 3 nitrogen and oxygen atoms in total. The summed E-state index contributed by atoms with van der Waals surface area (Å²) in [5, 5.41) is 4.21. The van der Waals surface area contributed by atoms with Crippen LogP contribution in [0.25, 0.3) is 10.2 Å². The van der Waals surface area contributed by atoms with Gasteiger partial charge in [0.15, 0.2) is 0 Å². The molecule has 0 saturated carbocycles. The molecular weight excluding hydrogens is 273 g/mol. The van der Waals surface area contributed by atoms with Gasteiger partial charge in [-0.3, -0.25) is 0 Å². The smallest absolute Gasteiger partial charge is 0.143 e. The lowest BCUT2D eigenvalue weighted by Crippen LogP contribution is -1.98. The molecule has 2 heterocycles. The van der Waals surface area contributed by atoms with Gasteiger partial charge in [0.05, 0.1) is 5.39 Å². The maximum absolute atomic E-state index is 13.3. The van der Waals surface area contributed by atoms with Gasteiger partial charge in [-0.05, 0) is 44.5 Å². The molecule has 20 heavy (non-hydrogen) atoms. The van der Waals surface area contributed by atoms with Gasteiger partial charge in [-0.2, -0.15) is 0 Å². The van der Waals surface area contributed by atoms with Crippen LogP contribution in [-0.2, 0) is 0 Å². The number of hydrogen-bond acceptors (Lipinski definition) is 4. The van der Waals surface area contributed by atoms with Crippen molar-refractivity contribution in [3.8, 4) is 0 Å². The second-order valence-electron chi connectivity index (χ2n) is 4.72. The van der Waals surface area contributed by atoms with Gasteiger partial charge in [0, 0.05) is 10.6 Å². The molecule has 0 radical (unpaired) electrons. The van der Waals surface area contributed by atoms with Crippen LogP contribution in [0.2, 0.25) is 0 Å². The molecule has 0 saturated heterocycles. The van der Waals surface area contributed by atoms with Gasteiger partial charge in [-0.15, -0.1) is 11.3 Å². The lowest BCUT2D eigenvalue weighted by atomic mass is 10.2. The number of fused-ring (bicyclic) bond motifs is 1. The summed E-state index contributed by atoms with van der Waals surface area (Å²) in [6.45, 7) is 5.99. The van der Waals surface area contributed by atoms with Crippen molar-refractivity contribution in [1.82, 2.24) is 9.97 Å². The van der Waals surface area contributed by atoms with Crippen molar-refractivity contribution in [2.24, 2.45) is 0 Å². The molecular formula is C15H14FN3S.